The van der Waals surface area contributed by atoms with E-state index in [-0.39, 0.29) is 17.7 Å². The molecule has 2 bridgehead atoms. The average Bonchev–Trinajstić information content (AvgIpc) is 2.71. The molecule has 8 heteroatoms. The molecule has 0 spiro atoms. The first kappa shape index (κ1) is 25.5. The van der Waals surface area contributed by atoms with E-state index in [1.807, 2.05) is 0 Å². The molecule has 0 aliphatic heterocycles. The average molecular weight is 454 g/mol. The zero-order valence-corrected chi connectivity index (χ0v) is 19.1. The van der Waals surface area contributed by atoms with E-state index in [4.69, 9.17) is 0 Å². The Bertz CT molecular complexity index is 636. The van der Waals surface area contributed by atoms with E-state index >= 15 is 0 Å². The molecule has 0 aromatic heterocycles. The van der Waals surface area contributed by atoms with Crippen LogP contribution < -0.4 is 5.32 Å². The molecule has 176 valence electrons. The highest BCUT2D eigenvalue weighted by molar-refractivity contribution is 7.92. The lowest BCUT2D eigenvalue weighted by Gasteiger charge is -2.52. The molecule has 0 atom stereocenters. The maximum Gasteiger partial charge on any atom is 0.497 e. The molecule has 0 saturated heterocycles. The van der Waals surface area contributed by atoms with E-state index in [0.29, 0.717) is 45.1 Å². The molecule has 0 aromatic carbocycles. The summed E-state index contributed by atoms with van der Waals surface area (Å²) in [5.74, 6) is -0.754. The molecule has 1 amide bonds. The molecule has 0 heterocycles. The Kier molecular flexibility index (Phi) is 9.07. The van der Waals surface area contributed by atoms with Crippen LogP contribution in [0.15, 0.2) is 0 Å². The second kappa shape index (κ2) is 10.7. The van der Waals surface area contributed by atoms with Gasteiger partial charge in [-0.25, -0.2) is 8.42 Å². The Labute approximate surface area is 179 Å². The van der Waals surface area contributed by atoms with Crippen LogP contribution in [-0.2, 0) is 14.6 Å². The van der Waals surface area contributed by atoms with Crippen molar-refractivity contribution >= 4 is 15.7 Å². The minimum absolute atomic E-state index is 0.0464. The first-order chi connectivity index (χ1) is 14.1. The third-order valence-corrected chi connectivity index (χ3v) is 8.90. The van der Waals surface area contributed by atoms with Crippen LogP contribution >= 0.6 is 0 Å². The first-order valence-electron chi connectivity index (χ1n) is 11.6. The van der Waals surface area contributed by atoms with Gasteiger partial charge in [0.15, 0.2) is 0 Å². The summed E-state index contributed by atoms with van der Waals surface area (Å²) in [5, 5.41) is 3.09. The van der Waals surface area contributed by atoms with Crippen molar-refractivity contribution in [3.8, 4) is 0 Å². The van der Waals surface area contributed by atoms with Gasteiger partial charge in [0, 0.05) is 12.0 Å². The van der Waals surface area contributed by atoms with E-state index in [9.17, 15) is 26.4 Å². The van der Waals surface area contributed by atoms with Crippen molar-refractivity contribution in [3.05, 3.63) is 0 Å². The SMILES string of the molecule is CCCCCCCCCCNC(=O)C12CCC(CCS(=O)(=O)C(F)(F)F)(CC1)CC2. The Morgan fingerprint density at radius 2 is 1.37 bits per heavy atom. The summed E-state index contributed by atoms with van der Waals surface area (Å²) in [6.45, 7) is 2.89. The summed E-state index contributed by atoms with van der Waals surface area (Å²) in [4.78, 5) is 12.8. The maximum absolute atomic E-state index is 12.8. The lowest BCUT2D eigenvalue weighted by Crippen LogP contribution is -2.50. The number of rotatable bonds is 13. The van der Waals surface area contributed by atoms with Crippen molar-refractivity contribution in [1.29, 1.82) is 0 Å². The second-order valence-electron chi connectivity index (χ2n) is 9.53. The highest BCUT2D eigenvalue weighted by Gasteiger charge is 2.53. The molecule has 3 fully saturated rings. The predicted molar refractivity (Wildman–Crippen MR) is 113 cm³/mol. The maximum atomic E-state index is 12.8. The highest BCUT2D eigenvalue weighted by atomic mass is 32.2. The lowest BCUT2D eigenvalue weighted by molar-refractivity contribution is -0.140. The van der Waals surface area contributed by atoms with Gasteiger partial charge in [-0.15, -0.1) is 0 Å². The van der Waals surface area contributed by atoms with Crippen molar-refractivity contribution in [3.63, 3.8) is 0 Å². The number of alkyl halides is 3. The largest absolute Gasteiger partial charge is 0.497 e. The molecule has 3 aliphatic carbocycles. The van der Waals surface area contributed by atoms with E-state index < -0.39 is 26.5 Å². The van der Waals surface area contributed by atoms with Crippen molar-refractivity contribution in [2.24, 2.45) is 10.8 Å². The summed E-state index contributed by atoms with van der Waals surface area (Å²) in [6.07, 6.45) is 13.7. The Morgan fingerprint density at radius 1 is 0.867 bits per heavy atom. The normalized spacial score (nSPS) is 26.7. The zero-order valence-electron chi connectivity index (χ0n) is 18.3. The zero-order chi connectivity index (χ0) is 22.3. The quantitative estimate of drug-likeness (QED) is 0.353. The van der Waals surface area contributed by atoms with Crippen LogP contribution in [-0.4, -0.2) is 32.1 Å². The third kappa shape index (κ3) is 6.60. The van der Waals surface area contributed by atoms with Gasteiger partial charge in [0.1, 0.15) is 0 Å². The first-order valence-corrected chi connectivity index (χ1v) is 13.3. The van der Waals surface area contributed by atoms with Crippen molar-refractivity contribution in [2.45, 2.75) is 109 Å². The molecular formula is C22H38F3NO3S. The lowest BCUT2D eigenvalue weighted by atomic mass is 9.52. The van der Waals surface area contributed by atoms with Gasteiger partial charge in [0.25, 0.3) is 0 Å². The standard InChI is InChI=1S/C22H38F3NO3S/c1-2-3-4-5-6-7-8-9-17-26-19(27)21-13-10-20(11-14-21,12-15-21)16-18-30(28,29)22(23,24)25/h2-18H2,1H3,(H,26,27). The van der Waals surface area contributed by atoms with E-state index in [1.54, 1.807) is 0 Å². The molecule has 4 nitrogen and oxygen atoms in total. The number of nitrogens with one attached hydrogen (secondary N) is 1. The molecule has 0 unspecified atom stereocenters. The molecule has 0 aromatic rings. The summed E-state index contributed by atoms with van der Waals surface area (Å²) >= 11 is 0. The molecular weight excluding hydrogens is 415 g/mol. The van der Waals surface area contributed by atoms with Gasteiger partial charge in [-0.05, 0) is 56.8 Å². The number of hydrogen-bond donors (Lipinski definition) is 1. The van der Waals surface area contributed by atoms with Crippen molar-refractivity contribution < 1.29 is 26.4 Å². The van der Waals surface area contributed by atoms with E-state index in [1.165, 1.54) is 38.5 Å². The Balaban J connectivity index is 1.68. The molecule has 3 rings (SSSR count). The molecule has 3 aliphatic rings. The summed E-state index contributed by atoms with van der Waals surface area (Å²) < 4.78 is 60.7. The number of halogens is 3. The highest BCUT2D eigenvalue weighted by Crippen LogP contribution is 2.58. The van der Waals surface area contributed by atoms with Gasteiger partial charge < -0.3 is 5.32 Å². The Hall–Kier alpha value is -0.790. The van der Waals surface area contributed by atoms with Crippen molar-refractivity contribution in [1.82, 2.24) is 5.32 Å². The van der Waals surface area contributed by atoms with Gasteiger partial charge in [-0.2, -0.15) is 13.2 Å². The van der Waals surface area contributed by atoms with Gasteiger partial charge in [-0.1, -0.05) is 51.9 Å². The summed E-state index contributed by atoms with van der Waals surface area (Å²) in [7, 11) is -5.07. The van der Waals surface area contributed by atoms with E-state index in [0.717, 1.165) is 12.8 Å². The Morgan fingerprint density at radius 3 is 1.87 bits per heavy atom. The van der Waals surface area contributed by atoms with Crippen molar-refractivity contribution in [2.75, 3.05) is 12.3 Å². The number of fused-ring (bicyclic) bond motifs is 3. The van der Waals surface area contributed by atoms with E-state index in [2.05, 4.69) is 12.2 Å². The van der Waals surface area contributed by atoms with Crippen LogP contribution in [0.2, 0.25) is 0 Å². The molecule has 1 N–H and O–H groups in total. The van der Waals surface area contributed by atoms with Gasteiger partial charge in [-0.3, -0.25) is 4.79 Å². The van der Waals surface area contributed by atoms with Gasteiger partial charge >= 0.3 is 5.51 Å². The topological polar surface area (TPSA) is 63.2 Å². The van der Waals surface area contributed by atoms with Crippen LogP contribution in [0.5, 0.6) is 0 Å². The number of unbranched alkanes of at least 4 members (excludes halogenated alkanes) is 7. The number of carbonyl (C=O) groups excluding carboxylic acids is 1. The molecule has 30 heavy (non-hydrogen) atoms. The fourth-order valence-corrected chi connectivity index (χ4v) is 6.03. The van der Waals surface area contributed by atoms with Crippen LogP contribution in [0, 0.1) is 10.8 Å². The minimum Gasteiger partial charge on any atom is -0.356 e. The minimum atomic E-state index is -5.17. The van der Waals surface area contributed by atoms with Crippen LogP contribution in [0.1, 0.15) is 103 Å². The number of hydrogen-bond acceptors (Lipinski definition) is 3. The smallest absolute Gasteiger partial charge is 0.356 e. The number of carbonyl (C=O) groups is 1. The van der Waals surface area contributed by atoms with Gasteiger partial charge in [0.05, 0.1) is 5.75 Å². The van der Waals surface area contributed by atoms with Gasteiger partial charge in [0.2, 0.25) is 15.7 Å². The van der Waals surface area contributed by atoms with Crippen LogP contribution in [0.3, 0.4) is 0 Å². The summed E-state index contributed by atoms with van der Waals surface area (Å²) in [5.41, 5.74) is -5.92. The predicted octanol–water partition coefficient (Wildman–Crippen LogP) is 5.91. The summed E-state index contributed by atoms with van der Waals surface area (Å²) in [6, 6.07) is 0. The molecule has 3 saturated carbocycles. The second-order valence-corrected chi connectivity index (χ2v) is 11.6. The fraction of sp³-hybridized carbons (Fsp3) is 0.955. The number of sulfone groups is 1. The van der Waals surface area contributed by atoms with Crippen LogP contribution in [0.25, 0.3) is 0 Å². The monoisotopic (exact) mass is 453 g/mol. The van der Waals surface area contributed by atoms with Crippen LogP contribution in [0.4, 0.5) is 13.2 Å². The molecule has 0 radical (unpaired) electrons. The number of amides is 1. The fourth-order valence-electron chi connectivity index (χ4n) is 5.09. The third-order valence-electron chi connectivity index (χ3n) is 7.45.